The number of hydrogen-bond acceptors (Lipinski definition) is 6. The van der Waals surface area contributed by atoms with Crippen LogP contribution in [0.1, 0.15) is 39.5 Å². The van der Waals surface area contributed by atoms with Gasteiger partial charge in [-0.05, 0) is 6.42 Å². The molecule has 2 saturated heterocycles. The molecule has 0 aromatic carbocycles. The van der Waals surface area contributed by atoms with Crippen LogP contribution in [0.4, 0.5) is 0 Å². The fourth-order valence-corrected chi connectivity index (χ4v) is 2.95. The first-order valence-electron chi connectivity index (χ1n) is 8.00. The molecule has 0 saturated carbocycles. The Balaban J connectivity index is 1.86. The fraction of sp³-hybridized carbons (Fsp3) is 0.933. The third kappa shape index (κ3) is 3.78. The van der Waals surface area contributed by atoms with E-state index in [1.54, 1.807) is 0 Å². The van der Waals surface area contributed by atoms with Crippen LogP contribution in [0.2, 0.25) is 0 Å². The van der Waals surface area contributed by atoms with Crippen LogP contribution in [0.15, 0.2) is 0 Å². The van der Waals surface area contributed by atoms with Gasteiger partial charge in [-0.2, -0.15) is 0 Å². The Kier molecular flexibility index (Phi) is 6.17. The quantitative estimate of drug-likeness (QED) is 0.543. The fourth-order valence-electron chi connectivity index (χ4n) is 2.95. The molecule has 0 spiro atoms. The van der Waals surface area contributed by atoms with Gasteiger partial charge in [-0.15, -0.1) is 0 Å². The predicted molar refractivity (Wildman–Crippen MR) is 78.1 cm³/mol. The lowest BCUT2D eigenvalue weighted by molar-refractivity contribution is -0.237. The SMILES string of the molecule is CCCCCCOC[C@@]12CO[C@H](O1)[C@H](NC(C)=O)[C@@H](O)[C@H]2O. The molecule has 0 unspecified atom stereocenters. The Morgan fingerprint density at radius 2 is 2.14 bits per heavy atom. The summed E-state index contributed by atoms with van der Waals surface area (Å²) in [6.45, 7) is 4.39. The molecule has 2 aliphatic heterocycles. The zero-order valence-electron chi connectivity index (χ0n) is 13.3. The number of rotatable bonds is 8. The summed E-state index contributed by atoms with van der Waals surface area (Å²) in [5.41, 5.74) is -1.05. The number of nitrogens with one attached hydrogen (secondary N) is 1. The Hall–Kier alpha value is -0.730. The van der Waals surface area contributed by atoms with Crippen LogP contribution in [-0.4, -0.2) is 66.1 Å². The van der Waals surface area contributed by atoms with Crippen molar-refractivity contribution in [2.45, 2.75) is 69.7 Å². The minimum absolute atomic E-state index is 0.140. The zero-order chi connectivity index (χ0) is 16.2. The number of unbranched alkanes of at least 4 members (excludes halogenated alkanes) is 3. The molecule has 2 heterocycles. The number of ether oxygens (including phenoxy) is 3. The number of aliphatic hydroxyl groups excluding tert-OH is 2. The first kappa shape index (κ1) is 17.6. The van der Waals surface area contributed by atoms with Crippen molar-refractivity contribution < 1.29 is 29.2 Å². The zero-order valence-corrected chi connectivity index (χ0v) is 13.3. The van der Waals surface area contributed by atoms with Crippen molar-refractivity contribution in [3.63, 3.8) is 0 Å². The van der Waals surface area contributed by atoms with Crippen molar-refractivity contribution in [3.8, 4) is 0 Å². The average molecular weight is 317 g/mol. The summed E-state index contributed by atoms with van der Waals surface area (Å²) in [6, 6.07) is -0.771. The topological polar surface area (TPSA) is 97.2 Å². The molecule has 22 heavy (non-hydrogen) atoms. The van der Waals surface area contributed by atoms with Crippen molar-refractivity contribution in [2.75, 3.05) is 19.8 Å². The third-order valence-electron chi connectivity index (χ3n) is 4.22. The van der Waals surface area contributed by atoms with E-state index in [0.29, 0.717) is 6.61 Å². The lowest BCUT2D eigenvalue weighted by atomic mass is 9.88. The van der Waals surface area contributed by atoms with E-state index in [9.17, 15) is 15.0 Å². The molecule has 5 atom stereocenters. The molecule has 0 aromatic heterocycles. The second kappa shape index (κ2) is 7.70. The summed E-state index contributed by atoms with van der Waals surface area (Å²) in [4.78, 5) is 11.2. The van der Waals surface area contributed by atoms with Gasteiger partial charge in [-0.3, -0.25) is 4.79 Å². The van der Waals surface area contributed by atoms with Gasteiger partial charge in [0.2, 0.25) is 5.91 Å². The largest absolute Gasteiger partial charge is 0.388 e. The Bertz CT molecular complexity index is 379. The van der Waals surface area contributed by atoms with Gasteiger partial charge in [0.1, 0.15) is 23.9 Å². The summed E-state index contributed by atoms with van der Waals surface area (Å²) in [5, 5.41) is 23.1. The summed E-state index contributed by atoms with van der Waals surface area (Å²) >= 11 is 0. The van der Waals surface area contributed by atoms with Gasteiger partial charge < -0.3 is 29.7 Å². The molecular weight excluding hydrogens is 290 g/mol. The van der Waals surface area contributed by atoms with Crippen LogP contribution in [0, 0.1) is 0 Å². The molecular formula is C15H27NO6. The molecule has 0 aliphatic carbocycles. The summed E-state index contributed by atoms with van der Waals surface area (Å²) in [7, 11) is 0. The molecule has 2 fully saturated rings. The summed E-state index contributed by atoms with van der Waals surface area (Å²) in [5.74, 6) is -0.310. The molecule has 2 bridgehead atoms. The standard InChI is InChI=1S/C15H27NO6/c1-3-4-5-6-7-20-8-15-9-21-14(22-15)11(16-10(2)17)12(18)13(15)19/h11-14,18-19H,3-9H2,1-2H3,(H,16,17)/t11-,12-,13-,14-,15+/m1/s1. The first-order valence-corrected chi connectivity index (χ1v) is 8.00. The monoisotopic (exact) mass is 317 g/mol. The molecule has 2 aliphatic rings. The van der Waals surface area contributed by atoms with Gasteiger partial charge in [0.05, 0.1) is 13.2 Å². The highest BCUT2D eigenvalue weighted by Gasteiger charge is 2.59. The highest BCUT2D eigenvalue weighted by Crippen LogP contribution is 2.37. The number of fused-ring (bicyclic) bond motifs is 2. The van der Waals surface area contributed by atoms with Crippen LogP contribution in [0.5, 0.6) is 0 Å². The van der Waals surface area contributed by atoms with Crippen molar-refractivity contribution in [1.82, 2.24) is 5.32 Å². The normalized spacial score (nSPS) is 37.3. The first-order chi connectivity index (χ1) is 10.5. The highest BCUT2D eigenvalue weighted by atomic mass is 16.7. The highest BCUT2D eigenvalue weighted by molar-refractivity contribution is 5.73. The minimum atomic E-state index is -1.17. The second-order valence-corrected chi connectivity index (χ2v) is 6.14. The molecule has 0 aromatic rings. The second-order valence-electron chi connectivity index (χ2n) is 6.14. The average Bonchev–Trinajstić information content (AvgIpc) is 2.88. The van der Waals surface area contributed by atoms with Gasteiger partial charge in [-0.1, -0.05) is 26.2 Å². The van der Waals surface area contributed by atoms with E-state index >= 15 is 0 Å². The Morgan fingerprint density at radius 3 is 2.82 bits per heavy atom. The maximum absolute atomic E-state index is 11.2. The Labute approximate surface area is 130 Å². The van der Waals surface area contributed by atoms with Gasteiger partial charge in [0.15, 0.2) is 6.29 Å². The van der Waals surface area contributed by atoms with Crippen LogP contribution in [-0.2, 0) is 19.0 Å². The van der Waals surface area contributed by atoms with Crippen LogP contribution >= 0.6 is 0 Å². The van der Waals surface area contributed by atoms with E-state index in [-0.39, 0.29) is 19.1 Å². The van der Waals surface area contributed by atoms with E-state index in [1.165, 1.54) is 13.3 Å². The van der Waals surface area contributed by atoms with E-state index in [0.717, 1.165) is 19.3 Å². The smallest absolute Gasteiger partial charge is 0.217 e. The molecule has 2 rings (SSSR count). The van der Waals surface area contributed by atoms with E-state index in [4.69, 9.17) is 14.2 Å². The molecule has 1 amide bonds. The van der Waals surface area contributed by atoms with Gasteiger partial charge in [0, 0.05) is 13.5 Å². The summed E-state index contributed by atoms with van der Waals surface area (Å²) < 4.78 is 16.8. The number of aliphatic hydroxyl groups is 2. The van der Waals surface area contributed by atoms with Crippen molar-refractivity contribution in [3.05, 3.63) is 0 Å². The van der Waals surface area contributed by atoms with Crippen LogP contribution in [0.25, 0.3) is 0 Å². The number of hydrogen-bond donors (Lipinski definition) is 3. The van der Waals surface area contributed by atoms with Crippen LogP contribution in [0.3, 0.4) is 0 Å². The molecule has 0 radical (unpaired) electrons. The van der Waals surface area contributed by atoms with Crippen molar-refractivity contribution in [2.24, 2.45) is 0 Å². The number of carbonyl (C=O) groups is 1. The van der Waals surface area contributed by atoms with Crippen molar-refractivity contribution in [1.29, 1.82) is 0 Å². The van der Waals surface area contributed by atoms with Crippen molar-refractivity contribution >= 4 is 5.91 Å². The van der Waals surface area contributed by atoms with Gasteiger partial charge in [-0.25, -0.2) is 0 Å². The van der Waals surface area contributed by atoms with E-state index in [2.05, 4.69) is 12.2 Å². The maximum Gasteiger partial charge on any atom is 0.217 e. The summed E-state index contributed by atoms with van der Waals surface area (Å²) in [6.07, 6.45) is 1.34. The number of carbonyl (C=O) groups excluding carboxylic acids is 1. The minimum Gasteiger partial charge on any atom is -0.388 e. The Morgan fingerprint density at radius 1 is 1.36 bits per heavy atom. The van der Waals surface area contributed by atoms with Crippen LogP contribution < -0.4 is 5.32 Å². The van der Waals surface area contributed by atoms with Gasteiger partial charge in [0.25, 0.3) is 0 Å². The number of amides is 1. The third-order valence-corrected chi connectivity index (χ3v) is 4.22. The molecule has 3 N–H and O–H groups in total. The maximum atomic E-state index is 11.2. The molecule has 128 valence electrons. The lowest BCUT2D eigenvalue weighted by Crippen LogP contribution is -2.66. The molecule has 7 nitrogen and oxygen atoms in total. The van der Waals surface area contributed by atoms with E-state index < -0.39 is 30.1 Å². The lowest BCUT2D eigenvalue weighted by Gasteiger charge is -2.42. The van der Waals surface area contributed by atoms with Gasteiger partial charge >= 0.3 is 0 Å². The van der Waals surface area contributed by atoms with E-state index in [1.807, 2.05) is 0 Å². The predicted octanol–water partition coefficient (Wildman–Crippen LogP) is -0.0649. The molecule has 7 heteroatoms.